The van der Waals surface area contributed by atoms with Crippen LogP contribution in [0.2, 0.25) is 0 Å². The number of benzene rings is 1. The first-order valence-corrected chi connectivity index (χ1v) is 9.04. The van der Waals surface area contributed by atoms with Gasteiger partial charge in [-0.15, -0.1) is 0 Å². The number of aromatic nitrogens is 4. The Balaban J connectivity index is 1.64. The largest absolute Gasteiger partial charge is 0.419 e. The van der Waals surface area contributed by atoms with Gasteiger partial charge >= 0.3 is 11.9 Å². The summed E-state index contributed by atoms with van der Waals surface area (Å²) in [4.78, 5) is 23.6. The predicted octanol–water partition coefficient (Wildman–Crippen LogP) is 2.70. The quantitative estimate of drug-likeness (QED) is 0.593. The van der Waals surface area contributed by atoms with Crippen molar-refractivity contribution in [2.24, 2.45) is 7.05 Å². The molecule has 4 rings (SSSR count). The molecule has 0 bridgehead atoms. The van der Waals surface area contributed by atoms with Gasteiger partial charge in [0.15, 0.2) is 0 Å². The molecule has 8 nitrogen and oxygen atoms in total. The van der Waals surface area contributed by atoms with E-state index in [2.05, 4.69) is 26.1 Å². The first-order chi connectivity index (χ1) is 13.0. The van der Waals surface area contributed by atoms with Gasteiger partial charge in [0.05, 0.1) is 25.6 Å². The Morgan fingerprint density at radius 2 is 1.93 bits per heavy atom. The van der Waals surface area contributed by atoms with Crippen molar-refractivity contribution in [3.8, 4) is 22.8 Å². The average molecular weight is 431 g/mol. The van der Waals surface area contributed by atoms with Crippen molar-refractivity contribution in [2.75, 3.05) is 0 Å². The summed E-state index contributed by atoms with van der Waals surface area (Å²) in [7, 11) is 1.63. The van der Waals surface area contributed by atoms with E-state index in [-0.39, 0.29) is 31.0 Å². The molecule has 0 saturated heterocycles. The third-order valence-corrected chi connectivity index (χ3v) is 4.58. The van der Waals surface area contributed by atoms with Crippen molar-refractivity contribution in [1.29, 1.82) is 0 Å². The molecule has 0 amide bonds. The number of carbonyl (C=O) groups is 2. The number of hydrogen-bond acceptors (Lipinski definition) is 6. The standard InChI is InChI=1S/C18H15BrN4O4/c1-22-18-17(26-15(24)5-6-16(25)27-18)14(21-22)10-23-9-12(8-20-23)11-3-2-4-13(19)7-11/h2-4,7-9H,5-6,10H2,1H3. The summed E-state index contributed by atoms with van der Waals surface area (Å²) in [5.41, 5.74) is 2.42. The highest BCUT2D eigenvalue weighted by Crippen LogP contribution is 2.33. The van der Waals surface area contributed by atoms with Crippen LogP contribution in [0.25, 0.3) is 11.1 Å². The Bertz CT molecular complexity index is 1040. The van der Waals surface area contributed by atoms with Gasteiger partial charge < -0.3 is 9.47 Å². The fourth-order valence-electron chi connectivity index (χ4n) is 2.81. The summed E-state index contributed by atoms with van der Waals surface area (Å²) in [5, 5.41) is 8.69. The molecule has 0 radical (unpaired) electrons. The Kier molecular flexibility index (Phi) is 4.53. The second kappa shape index (κ2) is 6.99. The number of halogens is 1. The lowest BCUT2D eigenvalue weighted by Crippen LogP contribution is -2.19. The Labute approximate surface area is 162 Å². The van der Waals surface area contributed by atoms with Gasteiger partial charge in [-0.05, 0) is 17.7 Å². The molecule has 0 aliphatic carbocycles. The highest BCUT2D eigenvalue weighted by molar-refractivity contribution is 9.10. The maximum Gasteiger partial charge on any atom is 0.313 e. The molecule has 1 aliphatic rings. The molecule has 0 unspecified atom stereocenters. The van der Waals surface area contributed by atoms with Gasteiger partial charge in [-0.1, -0.05) is 28.1 Å². The van der Waals surface area contributed by atoms with Gasteiger partial charge in [-0.25, -0.2) is 4.68 Å². The number of hydrogen-bond donors (Lipinski definition) is 0. The number of fused-ring (bicyclic) bond motifs is 1. The number of nitrogens with zero attached hydrogens (tertiary/aromatic N) is 4. The molecule has 1 aromatic carbocycles. The summed E-state index contributed by atoms with van der Waals surface area (Å²) in [6.07, 6.45) is 3.58. The van der Waals surface area contributed by atoms with E-state index < -0.39 is 11.9 Å². The molecule has 9 heteroatoms. The van der Waals surface area contributed by atoms with E-state index in [0.717, 1.165) is 15.6 Å². The zero-order chi connectivity index (χ0) is 19.0. The Hall–Kier alpha value is -2.94. The summed E-state index contributed by atoms with van der Waals surface area (Å²) in [5.74, 6) is -0.687. The second-order valence-electron chi connectivity index (χ2n) is 6.09. The van der Waals surface area contributed by atoms with Crippen LogP contribution in [0.1, 0.15) is 18.5 Å². The van der Waals surface area contributed by atoms with E-state index in [9.17, 15) is 9.59 Å². The third kappa shape index (κ3) is 3.63. The fraction of sp³-hybridized carbons (Fsp3) is 0.222. The molecule has 2 aromatic heterocycles. The Morgan fingerprint density at radius 1 is 1.15 bits per heavy atom. The summed E-state index contributed by atoms with van der Waals surface area (Å²) < 4.78 is 14.7. The molecule has 3 aromatic rings. The molecule has 0 saturated carbocycles. The maximum atomic E-state index is 11.9. The fourth-order valence-corrected chi connectivity index (χ4v) is 3.21. The zero-order valence-corrected chi connectivity index (χ0v) is 16.0. The molecule has 138 valence electrons. The van der Waals surface area contributed by atoms with Crippen LogP contribution >= 0.6 is 15.9 Å². The SMILES string of the molecule is Cn1nc(Cn2cc(-c3cccc(Br)c3)cn2)c2c1OC(=O)CCC(=O)O2. The normalized spacial score (nSPS) is 14.1. The van der Waals surface area contributed by atoms with Crippen LogP contribution in [-0.4, -0.2) is 31.5 Å². The lowest BCUT2D eigenvalue weighted by atomic mass is 10.1. The minimum atomic E-state index is -0.488. The van der Waals surface area contributed by atoms with E-state index in [1.807, 2.05) is 30.5 Å². The van der Waals surface area contributed by atoms with E-state index in [1.165, 1.54) is 4.68 Å². The number of esters is 2. The summed E-state index contributed by atoms with van der Waals surface area (Å²) in [6, 6.07) is 7.89. The molecule has 0 atom stereocenters. The lowest BCUT2D eigenvalue weighted by molar-refractivity contribution is -0.143. The smallest absolute Gasteiger partial charge is 0.313 e. The van der Waals surface area contributed by atoms with Crippen molar-refractivity contribution in [3.05, 3.63) is 46.8 Å². The Morgan fingerprint density at radius 3 is 2.70 bits per heavy atom. The maximum absolute atomic E-state index is 11.9. The second-order valence-corrected chi connectivity index (χ2v) is 7.01. The number of rotatable bonds is 3. The molecular formula is C18H15BrN4O4. The van der Waals surface area contributed by atoms with Crippen LogP contribution in [-0.2, 0) is 23.2 Å². The van der Waals surface area contributed by atoms with Gasteiger partial charge in [0, 0.05) is 23.3 Å². The van der Waals surface area contributed by atoms with Gasteiger partial charge in [0.1, 0.15) is 5.69 Å². The van der Waals surface area contributed by atoms with Gasteiger partial charge in [-0.3, -0.25) is 14.3 Å². The molecule has 1 aliphatic heterocycles. The van der Waals surface area contributed by atoms with Crippen LogP contribution in [0.15, 0.2) is 41.1 Å². The number of carbonyl (C=O) groups excluding carboxylic acids is 2. The van der Waals surface area contributed by atoms with Gasteiger partial charge in [-0.2, -0.15) is 10.2 Å². The van der Waals surface area contributed by atoms with E-state index in [1.54, 1.807) is 17.9 Å². The molecule has 3 heterocycles. The molecule has 0 N–H and O–H groups in total. The topological polar surface area (TPSA) is 88.2 Å². The van der Waals surface area contributed by atoms with Crippen LogP contribution in [0.4, 0.5) is 0 Å². The van der Waals surface area contributed by atoms with Crippen molar-refractivity contribution in [1.82, 2.24) is 19.6 Å². The van der Waals surface area contributed by atoms with Crippen molar-refractivity contribution in [3.63, 3.8) is 0 Å². The zero-order valence-electron chi connectivity index (χ0n) is 14.4. The van der Waals surface area contributed by atoms with E-state index >= 15 is 0 Å². The van der Waals surface area contributed by atoms with E-state index in [4.69, 9.17) is 9.47 Å². The summed E-state index contributed by atoms with van der Waals surface area (Å²) in [6.45, 7) is 0.266. The molecule has 0 spiro atoms. The third-order valence-electron chi connectivity index (χ3n) is 4.08. The molecular weight excluding hydrogens is 416 g/mol. The van der Waals surface area contributed by atoms with Crippen molar-refractivity contribution in [2.45, 2.75) is 19.4 Å². The van der Waals surface area contributed by atoms with Crippen LogP contribution in [0.5, 0.6) is 11.6 Å². The monoisotopic (exact) mass is 430 g/mol. The average Bonchev–Trinajstić information content (AvgIpc) is 3.19. The minimum absolute atomic E-state index is 0.0199. The number of ether oxygens (including phenoxy) is 2. The minimum Gasteiger partial charge on any atom is -0.419 e. The van der Waals surface area contributed by atoms with Gasteiger partial charge in [0.2, 0.25) is 5.75 Å². The van der Waals surface area contributed by atoms with Crippen LogP contribution in [0, 0.1) is 0 Å². The first-order valence-electron chi connectivity index (χ1n) is 8.25. The van der Waals surface area contributed by atoms with Crippen LogP contribution in [0.3, 0.4) is 0 Å². The highest BCUT2D eigenvalue weighted by atomic mass is 79.9. The number of aryl methyl sites for hydroxylation is 1. The molecule has 0 fully saturated rings. The highest BCUT2D eigenvalue weighted by Gasteiger charge is 2.27. The van der Waals surface area contributed by atoms with Crippen LogP contribution < -0.4 is 9.47 Å². The van der Waals surface area contributed by atoms with E-state index in [0.29, 0.717) is 5.69 Å². The lowest BCUT2D eigenvalue weighted by Gasteiger charge is -2.11. The summed E-state index contributed by atoms with van der Waals surface area (Å²) >= 11 is 3.46. The molecule has 27 heavy (non-hydrogen) atoms. The van der Waals surface area contributed by atoms with Gasteiger partial charge in [0.25, 0.3) is 5.88 Å². The van der Waals surface area contributed by atoms with Crippen molar-refractivity contribution >= 4 is 27.9 Å². The first kappa shape index (κ1) is 17.5. The van der Waals surface area contributed by atoms with Crippen molar-refractivity contribution < 1.29 is 19.1 Å². The predicted molar refractivity (Wildman–Crippen MR) is 98.2 cm³/mol.